The van der Waals surface area contributed by atoms with Gasteiger partial charge in [0.1, 0.15) is 6.54 Å². The van der Waals surface area contributed by atoms with E-state index in [0.29, 0.717) is 28.7 Å². The van der Waals surface area contributed by atoms with Gasteiger partial charge >= 0.3 is 5.69 Å². The third-order valence-electron chi connectivity index (χ3n) is 4.76. The van der Waals surface area contributed by atoms with Crippen LogP contribution in [0.25, 0.3) is 11.2 Å². The molecule has 0 spiro atoms. The van der Waals surface area contributed by atoms with Crippen LogP contribution in [-0.4, -0.2) is 63.5 Å². The molecule has 0 unspecified atom stereocenters. The van der Waals surface area contributed by atoms with Crippen molar-refractivity contribution in [1.29, 1.82) is 0 Å². The zero-order chi connectivity index (χ0) is 18.8. The van der Waals surface area contributed by atoms with Crippen LogP contribution >= 0.6 is 11.6 Å². The van der Waals surface area contributed by atoms with E-state index < -0.39 is 11.2 Å². The van der Waals surface area contributed by atoms with E-state index in [1.807, 2.05) is 6.08 Å². The van der Waals surface area contributed by atoms with Gasteiger partial charge in [-0.2, -0.15) is 4.98 Å². The standard InChI is InChI=1S/C16H23ClN6O3/c1-11(17)3-4-23-12-13(20(2)16(26)19-14(12)25)18-15(23)22-7-5-21(6-8-22)9-10-24/h3,24H,4-10H2,1-2H3,(H,19,25,26)/p+1/b11-3+. The Bertz CT molecular complexity index is 932. The van der Waals surface area contributed by atoms with Crippen LogP contribution in [0, 0.1) is 0 Å². The van der Waals surface area contributed by atoms with Gasteiger partial charge in [0.05, 0.1) is 32.8 Å². The van der Waals surface area contributed by atoms with Gasteiger partial charge in [-0.15, -0.1) is 0 Å². The Labute approximate surface area is 155 Å². The van der Waals surface area contributed by atoms with Gasteiger partial charge in [0.2, 0.25) is 5.95 Å². The van der Waals surface area contributed by atoms with Crippen molar-refractivity contribution in [2.75, 3.05) is 44.2 Å². The number of anilines is 1. The SMILES string of the molecule is C/C(Cl)=C\Cn1c(N2CC[NH+](CCO)CC2)nc2c1c(=O)[nH]c(=O)n2C. The number of aliphatic hydroxyl groups is 1. The van der Waals surface area contributed by atoms with Crippen LogP contribution in [0.2, 0.25) is 0 Å². The molecule has 3 heterocycles. The number of halogens is 1. The quantitative estimate of drug-likeness (QED) is 0.569. The fourth-order valence-electron chi connectivity index (χ4n) is 3.29. The Morgan fingerprint density at radius 3 is 2.69 bits per heavy atom. The summed E-state index contributed by atoms with van der Waals surface area (Å²) >= 11 is 5.98. The third kappa shape index (κ3) is 3.55. The van der Waals surface area contributed by atoms with Crippen LogP contribution in [0.3, 0.4) is 0 Å². The van der Waals surface area contributed by atoms with Gasteiger partial charge in [-0.3, -0.25) is 14.3 Å². The van der Waals surface area contributed by atoms with Gasteiger partial charge in [-0.05, 0) is 6.92 Å². The van der Waals surface area contributed by atoms with Crippen LogP contribution in [0.1, 0.15) is 6.92 Å². The number of nitrogens with zero attached hydrogens (tertiary/aromatic N) is 4. The number of aromatic nitrogens is 4. The molecule has 3 N–H and O–H groups in total. The number of fused-ring (bicyclic) bond motifs is 1. The zero-order valence-corrected chi connectivity index (χ0v) is 15.7. The van der Waals surface area contributed by atoms with Crippen molar-refractivity contribution in [3.05, 3.63) is 31.9 Å². The number of hydrogen-bond donors (Lipinski definition) is 3. The van der Waals surface area contributed by atoms with Crippen molar-refractivity contribution in [2.45, 2.75) is 13.5 Å². The van der Waals surface area contributed by atoms with Crippen molar-refractivity contribution in [3.63, 3.8) is 0 Å². The monoisotopic (exact) mass is 383 g/mol. The highest BCUT2D eigenvalue weighted by molar-refractivity contribution is 6.29. The molecule has 1 aliphatic heterocycles. The number of rotatable bonds is 5. The number of nitrogens with one attached hydrogen (secondary N) is 2. The van der Waals surface area contributed by atoms with Crippen LogP contribution in [0.15, 0.2) is 20.7 Å². The van der Waals surface area contributed by atoms with E-state index in [4.69, 9.17) is 16.7 Å². The highest BCUT2D eigenvalue weighted by atomic mass is 35.5. The largest absolute Gasteiger partial charge is 0.391 e. The number of aliphatic hydroxyl groups excluding tert-OH is 1. The minimum Gasteiger partial charge on any atom is -0.391 e. The number of piperazine rings is 1. The first-order chi connectivity index (χ1) is 12.4. The van der Waals surface area contributed by atoms with Crippen LogP contribution in [0.4, 0.5) is 5.95 Å². The first kappa shape index (κ1) is 18.7. The summed E-state index contributed by atoms with van der Waals surface area (Å²) in [6, 6.07) is 0. The Balaban J connectivity index is 2.07. The second-order valence-corrected chi connectivity index (χ2v) is 7.11. The first-order valence-corrected chi connectivity index (χ1v) is 9.01. The summed E-state index contributed by atoms with van der Waals surface area (Å²) in [4.78, 5) is 34.7. The molecule has 0 aliphatic carbocycles. The van der Waals surface area contributed by atoms with Crippen LogP contribution in [-0.2, 0) is 13.6 Å². The molecule has 0 atom stereocenters. The molecule has 2 aromatic heterocycles. The number of aryl methyl sites for hydroxylation is 1. The maximum absolute atomic E-state index is 12.4. The molecule has 0 saturated carbocycles. The average molecular weight is 384 g/mol. The Kier molecular flexibility index (Phi) is 5.49. The van der Waals surface area contributed by atoms with Crippen molar-refractivity contribution >= 4 is 28.7 Å². The predicted octanol–water partition coefficient (Wildman–Crippen LogP) is -1.74. The Morgan fingerprint density at radius 1 is 1.38 bits per heavy atom. The molecule has 0 bridgehead atoms. The van der Waals surface area contributed by atoms with Gasteiger partial charge < -0.3 is 19.5 Å². The lowest BCUT2D eigenvalue weighted by molar-refractivity contribution is -0.900. The Hall–Kier alpha value is -2.10. The number of imidazole rings is 1. The summed E-state index contributed by atoms with van der Waals surface area (Å²) in [6.07, 6.45) is 1.81. The molecular formula is C16H24ClN6O3+. The topological polar surface area (TPSA) is 101 Å². The minimum absolute atomic E-state index is 0.172. The summed E-state index contributed by atoms with van der Waals surface area (Å²) in [5, 5.41) is 9.73. The number of quaternary nitrogens is 1. The lowest BCUT2D eigenvalue weighted by Crippen LogP contribution is -3.15. The number of hydrogen-bond acceptors (Lipinski definition) is 5. The summed E-state index contributed by atoms with van der Waals surface area (Å²) in [7, 11) is 1.59. The maximum Gasteiger partial charge on any atom is 0.329 e. The minimum atomic E-state index is -0.486. The van der Waals surface area contributed by atoms with Gasteiger partial charge in [0, 0.05) is 18.6 Å². The zero-order valence-electron chi connectivity index (χ0n) is 15.0. The fourth-order valence-corrected chi connectivity index (χ4v) is 3.35. The van der Waals surface area contributed by atoms with E-state index in [1.54, 1.807) is 18.5 Å². The molecule has 0 aromatic carbocycles. The molecule has 0 radical (unpaired) electrons. The summed E-state index contributed by atoms with van der Waals surface area (Å²) in [6.45, 7) is 6.34. The fraction of sp³-hybridized carbons (Fsp3) is 0.562. The molecule has 142 valence electrons. The number of allylic oxidation sites excluding steroid dienone is 2. The lowest BCUT2D eigenvalue weighted by atomic mass is 10.3. The van der Waals surface area contributed by atoms with Crippen molar-refractivity contribution in [3.8, 4) is 0 Å². The van der Waals surface area contributed by atoms with Crippen molar-refractivity contribution < 1.29 is 10.0 Å². The molecule has 0 amide bonds. The molecular weight excluding hydrogens is 360 g/mol. The van der Waals surface area contributed by atoms with Crippen LogP contribution < -0.4 is 21.0 Å². The maximum atomic E-state index is 12.4. The average Bonchev–Trinajstić information content (AvgIpc) is 2.99. The van der Waals surface area contributed by atoms with Gasteiger partial charge in [0.25, 0.3) is 5.56 Å². The normalized spacial score (nSPS) is 16.6. The number of H-pyrrole nitrogens is 1. The predicted molar refractivity (Wildman–Crippen MR) is 100 cm³/mol. The van der Waals surface area contributed by atoms with E-state index in [-0.39, 0.29) is 6.61 Å². The molecule has 10 heteroatoms. The Morgan fingerprint density at radius 2 is 2.08 bits per heavy atom. The molecule has 1 saturated heterocycles. The first-order valence-electron chi connectivity index (χ1n) is 8.63. The highest BCUT2D eigenvalue weighted by Gasteiger charge is 2.26. The lowest BCUT2D eigenvalue weighted by Gasteiger charge is -2.32. The summed E-state index contributed by atoms with van der Waals surface area (Å²) in [5.74, 6) is 0.656. The van der Waals surface area contributed by atoms with E-state index in [9.17, 15) is 9.59 Å². The second-order valence-electron chi connectivity index (χ2n) is 6.51. The third-order valence-corrected chi connectivity index (χ3v) is 4.92. The van der Waals surface area contributed by atoms with Gasteiger partial charge in [-0.25, -0.2) is 4.79 Å². The smallest absolute Gasteiger partial charge is 0.329 e. The van der Waals surface area contributed by atoms with Crippen molar-refractivity contribution in [2.24, 2.45) is 7.05 Å². The molecule has 2 aromatic rings. The van der Waals surface area contributed by atoms with Gasteiger partial charge in [0.15, 0.2) is 11.2 Å². The molecule has 1 fully saturated rings. The van der Waals surface area contributed by atoms with Crippen LogP contribution in [0.5, 0.6) is 0 Å². The van der Waals surface area contributed by atoms with E-state index in [2.05, 4.69) is 14.9 Å². The summed E-state index contributed by atoms with van der Waals surface area (Å²) in [5.41, 5.74) is -0.215. The van der Waals surface area contributed by atoms with E-state index in [1.165, 1.54) is 9.47 Å². The summed E-state index contributed by atoms with van der Waals surface area (Å²) < 4.78 is 3.15. The molecule has 26 heavy (non-hydrogen) atoms. The molecule has 9 nitrogen and oxygen atoms in total. The second kappa shape index (κ2) is 7.65. The van der Waals surface area contributed by atoms with Gasteiger partial charge in [-0.1, -0.05) is 17.7 Å². The van der Waals surface area contributed by atoms with E-state index in [0.717, 1.165) is 32.7 Å². The number of aromatic amines is 1. The van der Waals surface area contributed by atoms with Crippen molar-refractivity contribution in [1.82, 2.24) is 19.1 Å². The van der Waals surface area contributed by atoms with E-state index >= 15 is 0 Å². The highest BCUT2D eigenvalue weighted by Crippen LogP contribution is 2.20. The molecule has 3 rings (SSSR count). The molecule has 1 aliphatic rings.